The van der Waals surface area contributed by atoms with Crippen molar-refractivity contribution < 1.29 is 23.5 Å². The van der Waals surface area contributed by atoms with Gasteiger partial charge in [0.2, 0.25) is 11.8 Å². The molecule has 0 bridgehead atoms. The van der Waals surface area contributed by atoms with Gasteiger partial charge in [-0.3, -0.25) is 9.59 Å². The number of rotatable bonds is 9. The predicted octanol–water partition coefficient (Wildman–Crippen LogP) is 4.85. The van der Waals surface area contributed by atoms with E-state index in [4.69, 9.17) is 9.47 Å². The summed E-state index contributed by atoms with van der Waals surface area (Å²) in [5.41, 5.74) is 2.15. The van der Waals surface area contributed by atoms with Crippen molar-refractivity contribution >= 4 is 29.3 Å². The molecule has 0 saturated carbocycles. The van der Waals surface area contributed by atoms with E-state index in [1.165, 1.54) is 17.8 Å². The molecule has 0 saturated heterocycles. The van der Waals surface area contributed by atoms with Gasteiger partial charge in [-0.2, -0.15) is 0 Å². The van der Waals surface area contributed by atoms with Crippen LogP contribution in [-0.4, -0.2) is 37.8 Å². The first-order valence-electron chi connectivity index (χ1n) is 11.7. The Hall–Kier alpha value is -3.52. The molecule has 3 aromatic carbocycles. The van der Waals surface area contributed by atoms with E-state index in [-0.39, 0.29) is 24.2 Å². The van der Waals surface area contributed by atoms with Crippen molar-refractivity contribution in [1.82, 2.24) is 5.32 Å². The molecule has 6 nitrogen and oxygen atoms in total. The Morgan fingerprint density at radius 3 is 2.53 bits per heavy atom. The van der Waals surface area contributed by atoms with Gasteiger partial charge in [-0.05, 0) is 42.3 Å². The SMILES string of the molecule is COc1ccc(CCNC(=O)C(C)C2Sc3ccccc3N(Cc3ccccc3F)C2=O)cc1OC. The van der Waals surface area contributed by atoms with E-state index in [1.807, 2.05) is 42.5 Å². The van der Waals surface area contributed by atoms with Gasteiger partial charge in [0.15, 0.2) is 11.5 Å². The molecule has 0 spiro atoms. The highest BCUT2D eigenvalue weighted by molar-refractivity contribution is 8.01. The number of benzene rings is 3. The van der Waals surface area contributed by atoms with E-state index < -0.39 is 11.2 Å². The van der Waals surface area contributed by atoms with Crippen LogP contribution in [0, 0.1) is 11.7 Å². The van der Waals surface area contributed by atoms with Crippen LogP contribution in [0.25, 0.3) is 0 Å². The molecule has 2 amide bonds. The molecule has 1 N–H and O–H groups in total. The minimum atomic E-state index is -0.618. The molecule has 0 aliphatic carbocycles. The third kappa shape index (κ3) is 5.49. The fourth-order valence-electron chi connectivity index (χ4n) is 4.18. The summed E-state index contributed by atoms with van der Waals surface area (Å²) >= 11 is 1.38. The number of para-hydroxylation sites is 1. The molecule has 4 rings (SSSR count). The Morgan fingerprint density at radius 1 is 1.06 bits per heavy atom. The topological polar surface area (TPSA) is 67.9 Å². The maximum atomic E-state index is 14.4. The van der Waals surface area contributed by atoms with Crippen molar-refractivity contribution in [3.63, 3.8) is 0 Å². The summed E-state index contributed by atoms with van der Waals surface area (Å²) in [7, 11) is 3.16. The van der Waals surface area contributed by atoms with Gasteiger partial charge in [0.25, 0.3) is 0 Å². The van der Waals surface area contributed by atoms with E-state index in [2.05, 4.69) is 5.32 Å². The summed E-state index contributed by atoms with van der Waals surface area (Å²) in [4.78, 5) is 29.1. The van der Waals surface area contributed by atoms with Crippen LogP contribution in [0.2, 0.25) is 0 Å². The first kappa shape index (κ1) is 25.6. The van der Waals surface area contributed by atoms with Crippen molar-refractivity contribution in [1.29, 1.82) is 0 Å². The second kappa shape index (κ2) is 11.5. The molecule has 188 valence electrons. The van der Waals surface area contributed by atoms with Gasteiger partial charge in [0, 0.05) is 17.0 Å². The van der Waals surface area contributed by atoms with E-state index in [9.17, 15) is 14.0 Å². The van der Waals surface area contributed by atoms with Gasteiger partial charge in [-0.15, -0.1) is 11.8 Å². The maximum Gasteiger partial charge on any atom is 0.241 e. The number of ether oxygens (including phenoxy) is 2. The molecule has 1 aliphatic rings. The molecule has 0 fully saturated rings. The standard InChI is InChI=1S/C28H29FN2O4S/c1-18(27(32)30-15-14-19-12-13-23(34-2)24(16-19)35-3)26-28(33)31(17-20-8-4-5-9-21(20)29)22-10-6-7-11-25(22)36-26/h4-13,16,18,26H,14-15,17H2,1-3H3,(H,30,32). The molecule has 2 atom stereocenters. The monoisotopic (exact) mass is 508 g/mol. The number of nitrogens with zero attached hydrogens (tertiary/aromatic N) is 1. The Kier molecular flexibility index (Phi) is 8.15. The van der Waals surface area contributed by atoms with Crippen LogP contribution in [-0.2, 0) is 22.6 Å². The summed E-state index contributed by atoms with van der Waals surface area (Å²) in [6.45, 7) is 2.28. The van der Waals surface area contributed by atoms with Crippen LogP contribution in [0.1, 0.15) is 18.1 Å². The largest absolute Gasteiger partial charge is 0.493 e. The Morgan fingerprint density at radius 2 is 1.78 bits per heavy atom. The molecule has 36 heavy (non-hydrogen) atoms. The number of hydrogen-bond acceptors (Lipinski definition) is 5. The lowest BCUT2D eigenvalue weighted by atomic mass is 10.0. The van der Waals surface area contributed by atoms with Crippen LogP contribution < -0.4 is 19.7 Å². The molecular formula is C28H29FN2O4S. The summed E-state index contributed by atoms with van der Waals surface area (Å²) in [6, 6.07) is 19.6. The molecule has 3 aromatic rings. The van der Waals surface area contributed by atoms with Crippen molar-refractivity contribution in [2.45, 2.75) is 30.0 Å². The fraction of sp³-hybridized carbons (Fsp3) is 0.286. The number of hydrogen-bond donors (Lipinski definition) is 1. The minimum absolute atomic E-state index is 0.104. The van der Waals surface area contributed by atoms with Crippen molar-refractivity contribution in [2.75, 3.05) is 25.7 Å². The smallest absolute Gasteiger partial charge is 0.241 e. The van der Waals surface area contributed by atoms with Gasteiger partial charge < -0.3 is 19.7 Å². The number of nitrogens with one attached hydrogen (secondary N) is 1. The predicted molar refractivity (Wildman–Crippen MR) is 139 cm³/mol. The summed E-state index contributed by atoms with van der Waals surface area (Å²) in [6.07, 6.45) is 0.604. The highest BCUT2D eigenvalue weighted by Crippen LogP contribution is 2.42. The number of methoxy groups -OCH3 is 2. The second-order valence-electron chi connectivity index (χ2n) is 8.54. The van der Waals surface area contributed by atoms with Crippen LogP contribution in [0.5, 0.6) is 11.5 Å². The van der Waals surface area contributed by atoms with Crippen LogP contribution in [0.4, 0.5) is 10.1 Å². The first-order valence-corrected chi connectivity index (χ1v) is 12.6. The first-order chi connectivity index (χ1) is 17.4. The molecule has 2 unspecified atom stereocenters. The zero-order valence-electron chi connectivity index (χ0n) is 20.5. The average molecular weight is 509 g/mol. The zero-order valence-corrected chi connectivity index (χ0v) is 21.3. The number of thioether (sulfide) groups is 1. The van der Waals surface area contributed by atoms with Crippen LogP contribution in [0.15, 0.2) is 71.6 Å². The second-order valence-corrected chi connectivity index (χ2v) is 9.72. The van der Waals surface area contributed by atoms with E-state index in [0.717, 1.165) is 16.1 Å². The highest BCUT2D eigenvalue weighted by Gasteiger charge is 2.39. The normalized spacial score (nSPS) is 15.7. The van der Waals surface area contributed by atoms with Gasteiger partial charge in [0.05, 0.1) is 32.4 Å². The third-order valence-corrected chi connectivity index (χ3v) is 7.70. The number of carbonyl (C=O) groups excluding carboxylic acids is 2. The Bertz CT molecular complexity index is 1250. The minimum Gasteiger partial charge on any atom is -0.493 e. The summed E-state index contributed by atoms with van der Waals surface area (Å²) in [5, 5.41) is 2.34. The van der Waals surface area contributed by atoms with Gasteiger partial charge in [0.1, 0.15) is 11.1 Å². The molecule has 1 heterocycles. The van der Waals surface area contributed by atoms with Crippen LogP contribution in [0.3, 0.4) is 0 Å². The number of fused-ring (bicyclic) bond motifs is 1. The number of amides is 2. The third-order valence-electron chi connectivity index (χ3n) is 6.23. The highest BCUT2D eigenvalue weighted by atomic mass is 32.2. The van der Waals surface area contributed by atoms with Crippen molar-refractivity contribution in [3.05, 3.63) is 83.7 Å². The average Bonchev–Trinajstić information content (AvgIpc) is 2.90. The molecule has 0 aromatic heterocycles. The van der Waals surface area contributed by atoms with E-state index in [1.54, 1.807) is 44.2 Å². The fourth-order valence-corrected chi connectivity index (χ4v) is 5.47. The van der Waals surface area contributed by atoms with Crippen molar-refractivity contribution in [3.8, 4) is 11.5 Å². The number of anilines is 1. The summed E-state index contributed by atoms with van der Waals surface area (Å²) in [5.74, 6) is -0.0709. The van der Waals surface area contributed by atoms with Gasteiger partial charge in [-0.1, -0.05) is 43.3 Å². The van der Waals surface area contributed by atoms with E-state index in [0.29, 0.717) is 30.0 Å². The Balaban J connectivity index is 1.45. The van der Waals surface area contributed by atoms with Gasteiger partial charge >= 0.3 is 0 Å². The number of halogens is 1. The van der Waals surface area contributed by atoms with Crippen LogP contribution >= 0.6 is 11.8 Å². The number of carbonyl (C=O) groups is 2. The van der Waals surface area contributed by atoms with Gasteiger partial charge in [-0.25, -0.2) is 4.39 Å². The maximum absolute atomic E-state index is 14.4. The zero-order chi connectivity index (χ0) is 25.7. The lowest BCUT2D eigenvalue weighted by Crippen LogP contribution is -2.47. The molecule has 1 aliphatic heterocycles. The summed E-state index contributed by atoms with van der Waals surface area (Å²) < 4.78 is 25.0. The quantitative estimate of drug-likeness (QED) is 0.448. The molecule has 8 heteroatoms. The lowest BCUT2D eigenvalue weighted by Gasteiger charge is -2.35. The lowest BCUT2D eigenvalue weighted by molar-refractivity contribution is -0.128. The Labute approximate surface area is 214 Å². The van der Waals surface area contributed by atoms with E-state index >= 15 is 0 Å². The molecule has 0 radical (unpaired) electrons. The molecular weight excluding hydrogens is 479 g/mol. The van der Waals surface area contributed by atoms with Crippen molar-refractivity contribution in [2.24, 2.45) is 5.92 Å².